The summed E-state index contributed by atoms with van der Waals surface area (Å²) in [6, 6.07) is 4.01. The van der Waals surface area contributed by atoms with Crippen LogP contribution < -0.4 is 0 Å². The van der Waals surface area contributed by atoms with Crippen LogP contribution in [-0.4, -0.2) is 39.7 Å². The topological polar surface area (TPSA) is 45.5 Å². The Kier molecular flexibility index (Phi) is 3.01. The molecule has 1 aromatic heterocycles. The van der Waals surface area contributed by atoms with Gasteiger partial charge in [-0.25, -0.2) is 0 Å². The molecule has 0 aliphatic carbocycles. The highest BCUT2D eigenvalue weighted by Gasteiger charge is 2.27. The molecule has 1 amide bonds. The fourth-order valence-corrected chi connectivity index (χ4v) is 2.11. The molecule has 16 heavy (non-hydrogen) atoms. The molecule has 2 heterocycles. The van der Waals surface area contributed by atoms with Gasteiger partial charge in [0.25, 0.3) is 5.91 Å². The number of hydrogen-bond donors (Lipinski definition) is 1. The molecule has 4 nitrogen and oxygen atoms in total. The Balaban J connectivity index is 2.17. The number of carbonyl (C=O) groups is 1. The van der Waals surface area contributed by atoms with E-state index in [0.29, 0.717) is 25.2 Å². The smallest absolute Gasteiger partial charge is 0.270 e. The van der Waals surface area contributed by atoms with Crippen LogP contribution in [0.2, 0.25) is 0 Å². The number of hydrogen-bond acceptors (Lipinski definition) is 2. The molecule has 1 N–H and O–H groups in total. The first-order chi connectivity index (χ1) is 7.59. The molecule has 1 aliphatic heterocycles. The Morgan fingerprint density at radius 1 is 1.56 bits per heavy atom. The van der Waals surface area contributed by atoms with Crippen molar-refractivity contribution in [2.45, 2.75) is 32.4 Å². The van der Waals surface area contributed by atoms with E-state index in [2.05, 4.69) is 13.8 Å². The fraction of sp³-hybridized carbons (Fsp3) is 0.583. The number of aliphatic hydroxyl groups excluding tert-OH is 1. The average molecular weight is 222 g/mol. The summed E-state index contributed by atoms with van der Waals surface area (Å²) in [6.45, 7) is 5.22. The second kappa shape index (κ2) is 4.29. The summed E-state index contributed by atoms with van der Waals surface area (Å²) in [6.07, 6.45) is 2.25. The summed E-state index contributed by atoms with van der Waals surface area (Å²) in [7, 11) is 0. The molecule has 0 bridgehead atoms. The lowest BCUT2D eigenvalue weighted by atomic mass is 10.3. The van der Waals surface area contributed by atoms with Crippen molar-refractivity contribution in [3.8, 4) is 0 Å². The largest absolute Gasteiger partial charge is 0.391 e. The number of carbonyl (C=O) groups excluding carboxylic acids is 1. The molecule has 2 rings (SSSR count). The number of rotatable bonds is 2. The maximum Gasteiger partial charge on any atom is 0.270 e. The monoisotopic (exact) mass is 222 g/mol. The van der Waals surface area contributed by atoms with Gasteiger partial charge in [0.05, 0.1) is 6.10 Å². The van der Waals surface area contributed by atoms with E-state index in [1.54, 1.807) is 4.90 Å². The predicted octanol–water partition coefficient (Wildman–Crippen LogP) is 1.28. The zero-order chi connectivity index (χ0) is 11.7. The summed E-state index contributed by atoms with van der Waals surface area (Å²) in [5.41, 5.74) is 0.712. The summed E-state index contributed by atoms with van der Waals surface area (Å²) in [5.74, 6) is 0.0234. The van der Waals surface area contributed by atoms with Gasteiger partial charge >= 0.3 is 0 Å². The van der Waals surface area contributed by atoms with Crippen molar-refractivity contribution in [2.24, 2.45) is 0 Å². The van der Waals surface area contributed by atoms with Crippen LogP contribution in [0.3, 0.4) is 0 Å². The lowest BCUT2D eigenvalue weighted by Crippen LogP contribution is -2.31. The van der Waals surface area contributed by atoms with Gasteiger partial charge in [0.2, 0.25) is 0 Å². The Morgan fingerprint density at radius 3 is 2.88 bits per heavy atom. The van der Waals surface area contributed by atoms with Gasteiger partial charge < -0.3 is 14.6 Å². The minimum absolute atomic E-state index is 0.0234. The fourth-order valence-electron chi connectivity index (χ4n) is 2.11. The van der Waals surface area contributed by atoms with Gasteiger partial charge in [-0.3, -0.25) is 4.79 Å². The van der Waals surface area contributed by atoms with Crippen molar-refractivity contribution in [1.29, 1.82) is 0 Å². The maximum absolute atomic E-state index is 12.2. The third kappa shape index (κ3) is 1.97. The first-order valence-corrected chi connectivity index (χ1v) is 5.73. The van der Waals surface area contributed by atoms with Crippen molar-refractivity contribution in [3.63, 3.8) is 0 Å². The minimum atomic E-state index is -0.355. The number of β-amino-alcohol motifs (C(OH)–C–C–N with tert-alkyl or cyclic N) is 1. The van der Waals surface area contributed by atoms with Crippen LogP contribution in [0.25, 0.3) is 0 Å². The lowest BCUT2D eigenvalue weighted by Gasteiger charge is -2.18. The van der Waals surface area contributed by atoms with E-state index in [0.717, 1.165) is 0 Å². The zero-order valence-corrected chi connectivity index (χ0v) is 9.76. The standard InChI is InChI=1S/C12H18N2O2/c1-9(2)14-6-3-4-11(14)12(16)13-7-5-10(15)8-13/h3-4,6,9-10,15H,5,7-8H2,1-2H3. The number of nitrogens with zero attached hydrogens (tertiary/aromatic N) is 2. The third-order valence-electron chi connectivity index (χ3n) is 3.00. The number of aromatic nitrogens is 1. The van der Waals surface area contributed by atoms with Gasteiger partial charge in [0, 0.05) is 25.3 Å². The lowest BCUT2D eigenvalue weighted by molar-refractivity contribution is 0.0753. The zero-order valence-electron chi connectivity index (χ0n) is 9.76. The molecule has 1 aliphatic rings. The second-order valence-corrected chi connectivity index (χ2v) is 4.59. The van der Waals surface area contributed by atoms with Crippen molar-refractivity contribution >= 4 is 5.91 Å². The number of likely N-dealkylation sites (tertiary alicyclic amines) is 1. The average Bonchev–Trinajstić information content (AvgIpc) is 2.84. The first kappa shape index (κ1) is 11.2. The molecule has 1 aromatic rings. The van der Waals surface area contributed by atoms with Crippen molar-refractivity contribution < 1.29 is 9.90 Å². The summed E-state index contributed by atoms with van der Waals surface area (Å²) >= 11 is 0. The summed E-state index contributed by atoms with van der Waals surface area (Å²) in [5, 5.41) is 9.42. The van der Waals surface area contributed by atoms with Gasteiger partial charge in [-0.2, -0.15) is 0 Å². The molecule has 0 saturated carbocycles. The van der Waals surface area contributed by atoms with Gasteiger partial charge in [0.15, 0.2) is 0 Å². The highest BCUT2D eigenvalue weighted by atomic mass is 16.3. The Bertz CT molecular complexity index is 384. The summed E-state index contributed by atoms with van der Waals surface area (Å²) in [4.78, 5) is 13.9. The van der Waals surface area contributed by atoms with Crippen molar-refractivity contribution in [3.05, 3.63) is 24.0 Å². The van der Waals surface area contributed by atoms with E-state index in [4.69, 9.17) is 0 Å². The molecule has 1 unspecified atom stereocenters. The SMILES string of the molecule is CC(C)n1cccc1C(=O)N1CCC(O)C1. The highest BCUT2D eigenvalue weighted by Crippen LogP contribution is 2.16. The van der Waals surface area contributed by atoms with Gasteiger partial charge in [-0.1, -0.05) is 0 Å². The van der Waals surface area contributed by atoms with Crippen molar-refractivity contribution in [2.75, 3.05) is 13.1 Å². The van der Waals surface area contributed by atoms with Crippen LogP contribution in [0.1, 0.15) is 36.8 Å². The normalized spacial score (nSPS) is 20.8. The van der Waals surface area contributed by atoms with E-state index in [-0.39, 0.29) is 18.1 Å². The van der Waals surface area contributed by atoms with Crippen molar-refractivity contribution in [1.82, 2.24) is 9.47 Å². The number of amides is 1. The molecule has 4 heteroatoms. The van der Waals surface area contributed by atoms with Gasteiger partial charge in [-0.15, -0.1) is 0 Å². The van der Waals surface area contributed by atoms with Crippen LogP contribution in [-0.2, 0) is 0 Å². The van der Waals surface area contributed by atoms with Crippen LogP contribution in [0.5, 0.6) is 0 Å². The molecule has 1 fully saturated rings. The van der Waals surface area contributed by atoms with E-state index in [1.165, 1.54) is 0 Å². The molecule has 0 aromatic carbocycles. The maximum atomic E-state index is 12.2. The van der Waals surface area contributed by atoms with Gasteiger partial charge in [0.1, 0.15) is 5.69 Å². The van der Waals surface area contributed by atoms with Crippen LogP contribution >= 0.6 is 0 Å². The molecule has 0 radical (unpaired) electrons. The van der Waals surface area contributed by atoms with E-state index >= 15 is 0 Å². The van der Waals surface area contributed by atoms with Crippen LogP contribution in [0.15, 0.2) is 18.3 Å². The Morgan fingerprint density at radius 2 is 2.31 bits per heavy atom. The van der Waals surface area contributed by atoms with E-state index < -0.39 is 0 Å². The third-order valence-corrected chi connectivity index (χ3v) is 3.00. The van der Waals surface area contributed by atoms with Gasteiger partial charge in [-0.05, 0) is 32.4 Å². The first-order valence-electron chi connectivity index (χ1n) is 5.73. The second-order valence-electron chi connectivity index (χ2n) is 4.59. The Hall–Kier alpha value is -1.29. The molecular weight excluding hydrogens is 204 g/mol. The molecule has 0 spiro atoms. The molecule has 88 valence electrons. The van der Waals surface area contributed by atoms with E-state index in [1.807, 2.05) is 22.9 Å². The molecule has 1 atom stereocenters. The quantitative estimate of drug-likeness (QED) is 0.819. The molecular formula is C12H18N2O2. The minimum Gasteiger partial charge on any atom is -0.391 e. The van der Waals surface area contributed by atoms with E-state index in [9.17, 15) is 9.90 Å². The summed E-state index contributed by atoms with van der Waals surface area (Å²) < 4.78 is 1.97. The molecule has 1 saturated heterocycles. The Labute approximate surface area is 95.5 Å². The van der Waals surface area contributed by atoms with Crippen LogP contribution in [0, 0.1) is 0 Å². The number of aliphatic hydroxyl groups is 1. The van der Waals surface area contributed by atoms with Crippen LogP contribution in [0.4, 0.5) is 0 Å². The predicted molar refractivity (Wildman–Crippen MR) is 61.3 cm³/mol. The highest BCUT2D eigenvalue weighted by molar-refractivity contribution is 5.93.